The summed E-state index contributed by atoms with van der Waals surface area (Å²) in [6, 6.07) is -1.78. The number of carboxylic acids is 1. The van der Waals surface area contributed by atoms with Gasteiger partial charge in [-0.15, -0.1) is 0 Å². The third kappa shape index (κ3) is 3.26. The Bertz CT molecular complexity index is 363. The van der Waals surface area contributed by atoms with Crippen LogP contribution in [0.25, 0.3) is 0 Å². The Morgan fingerprint density at radius 1 is 1.44 bits per heavy atom. The summed E-state index contributed by atoms with van der Waals surface area (Å²) in [6.07, 6.45) is 3.22. The molecule has 0 saturated heterocycles. The van der Waals surface area contributed by atoms with Crippen LogP contribution < -0.4 is 10.6 Å². The van der Waals surface area contributed by atoms with Gasteiger partial charge in [0.2, 0.25) is 0 Å². The summed E-state index contributed by atoms with van der Waals surface area (Å²) in [5, 5.41) is 13.4. The standard InChI is InChI=1S/C9H14N4O3/c1-5(7-10-3-4-11-7)12-9(16)13-6(2)8(14)15/h3-6H,1-2H3,(H,10,11)(H,14,15)(H2,12,13,16)/t5?,6-/m1/s1. The van der Waals surface area contributed by atoms with Crippen LogP contribution in [0, 0.1) is 0 Å². The number of aliphatic carboxylic acids is 1. The van der Waals surface area contributed by atoms with Crippen molar-refractivity contribution in [1.82, 2.24) is 20.6 Å². The maximum Gasteiger partial charge on any atom is 0.325 e. The molecule has 88 valence electrons. The molecular formula is C9H14N4O3. The van der Waals surface area contributed by atoms with Gasteiger partial charge in [-0.25, -0.2) is 9.78 Å². The third-order valence-corrected chi connectivity index (χ3v) is 2.00. The topological polar surface area (TPSA) is 107 Å². The summed E-state index contributed by atoms with van der Waals surface area (Å²) in [7, 11) is 0. The van der Waals surface area contributed by atoms with Crippen molar-refractivity contribution < 1.29 is 14.7 Å². The number of aromatic amines is 1. The molecule has 1 aromatic rings. The highest BCUT2D eigenvalue weighted by Gasteiger charge is 2.16. The molecule has 0 bridgehead atoms. The van der Waals surface area contributed by atoms with Crippen LogP contribution in [0.15, 0.2) is 12.4 Å². The van der Waals surface area contributed by atoms with E-state index in [1.54, 1.807) is 19.3 Å². The van der Waals surface area contributed by atoms with E-state index in [0.717, 1.165) is 0 Å². The monoisotopic (exact) mass is 226 g/mol. The lowest BCUT2D eigenvalue weighted by Gasteiger charge is -2.14. The summed E-state index contributed by atoms with van der Waals surface area (Å²) in [4.78, 5) is 28.6. The number of H-pyrrole nitrogens is 1. The second-order valence-electron chi connectivity index (χ2n) is 3.37. The molecular weight excluding hydrogens is 212 g/mol. The Morgan fingerprint density at radius 3 is 2.62 bits per heavy atom. The fraction of sp³-hybridized carbons (Fsp3) is 0.444. The first-order chi connectivity index (χ1) is 7.50. The molecule has 0 saturated carbocycles. The molecule has 1 aromatic heterocycles. The fourth-order valence-electron chi connectivity index (χ4n) is 1.08. The maximum absolute atomic E-state index is 11.3. The molecule has 0 aromatic carbocycles. The first-order valence-corrected chi connectivity index (χ1v) is 4.80. The number of nitrogens with one attached hydrogen (secondary N) is 3. The Labute approximate surface area is 92.3 Å². The van der Waals surface area contributed by atoms with Crippen LogP contribution in [0.2, 0.25) is 0 Å². The molecule has 0 aliphatic heterocycles. The van der Waals surface area contributed by atoms with Crippen molar-refractivity contribution in [2.45, 2.75) is 25.9 Å². The zero-order valence-electron chi connectivity index (χ0n) is 9.02. The Balaban J connectivity index is 2.43. The van der Waals surface area contributed by atoms with Gasteiger partial charge in [0.25, 0.3) is 0 Å². The molecule has 1 unspecified atom stereocenters. The summed E-state index contributed by atoms with van der Waals surface area (Å²) < 4.78 is 0. The third-order valence-electron chi connectivity index (χ3n) is 2.00. The van der Waals surface area contributed by atoms with E-state index < -0.39 is 18.0 Å². The Kier molecular flexibility index (Phi) is 3.87. The number of carboxylic acid groups (broad SMARTS) is 1. The van der Waals surface area contributed by atoms with E-state index in [1.807, 2.05) is 0 Å². The van der Waals surface area contributed by atoms with Crippen molar-refractivity contribution in [3.05, 3.63) is 18.2 Å². The minimum absolute atomic E-state index is 0.309. The predicted octanol–water partition coefficient (Wildman–Crippen LogP) is 0.243. The first kappa shape index (κ1) is 12.0. The van der Waals surface area contributed by atoms with Crippen LogP contribution in [0.5, 0.6) is 0 Å². The maximum atomic E-state index is 11.3. The summed E-state index contributed by atoms with van der Waals surface area (Å²) in [6.45, 7) is 3.13. The van der Waals surface area contributed by atoms with Gasteiger partial charge in [0, 0.05) is 12.4 Å². The molecule has 7 nitrogen and oxygen atoms in total. The molecule has 0 aliphatic carbocycles. The number of nitrogens with zero attached hydrogens (tertiary/aromatic N) is 1. The number of hydrogen-bond donors (Lipinski definition) is 4. The lowest BCUT2D eigenvalue weighted by atomic mass is 10.3. The molecule has 16 heavy (non-hydrogen) atoms. The number of hydrogen-bond acceptors (Lipinski definition) is 3. The lowest BCUT2D eigenvalue weighted by Crippen LogP contribution is -2.45. The van der Waals surface area contributed by atoms with Crippen molar-refractivity contribution in [2.24, 2.45) is 0 Å². The first-order valence-electron chi connectivity index (χ1n) is 4.80. The number of carbonyl (C=O) groups excluding carboxylic acids is 1. The van der Waals surface area contributed by atoms with Crippen molar-refractivity contribution in [1.29, 1.82) is 0 Å². The molecule has 2 amide bonds. The van der Waals surface area contributed by atoms with Gasteiger partial charge >= 0.3 is 12.0 Å². The SMILES string of the molecule is CC(NC(=O)N[C@H](C)C(=O)O)c1ncc[nH]1. The molecule has 0 fully saturated rings. The molecule has 1 rings (SSSR count). The smallest absolute Gasteiger partial charge is 0.325 e. The van der Waals surface area contributed by atoms with E-state index in [-0.39, 0.29) is 6.04 Å². The second-order valence-corrected chi connectivity index (χ2v) is 3.37. The molecule has 1 heterocycles. The highest BCUT2D eigenvalue weighted by Crippen LogP contribution is 2.04. The van der Waals surface area contributed by atoms with Crippen LogP contribution in [0.3, 0.4) is 0 Å². The fourth-order valence-corrected chi connectivity index (χ4v) is 1.08. The molecule has 0 spiro atoms. The van der Waals surface area contributed by atoms with E-state index in [0.29, 0.717) is 5.82 Å². The minimum Gasteiger partial charge on any atom is -0.480 e. The normalized spacial score (nSPS) is 13.9. The quantitative estimate of drug-likeness (QED) is 0.590. The summed E-state index contributed by atoms with van der Waals surface area (Å²) >= 11 is 0. The van der Waals surface area contributed by atoms with Crippen molar-refractivity contribution in [3.63, 3.8) is 0 Å². The number of urea groups is 1. The zero-order valence-corrected chi connectivity index (χ0v) is 9.02. The van der Waals surface area contributed by atoms with E-state index in [4.69, 9.17) is 5.11 Å². The Hall–Kier alpha value is -2.05. The minimum atomic E-state index is -1.08. The van der Waals surface area contributed by atoms with Gasteiger partial charge in [-0.3, -0.25) is 4.79 Å². The number of amides is 2. The molecule has 0 radical (unpaired) electrons. The van der Waals surface area contributed by atoms with Crippen LogP contribution in [0.1, 0.15) is 25.7 Å². The second kappa shape index (κ2) is 5.15. The highest BCUT2D eigenvalue weighted by atomic mass is 16.4. The van der Waals surface area contributed by atoms with Gasteiger partial charge < -0.3 is 20.7 Å². The van der Waals surface area contributed by atoms with E-state index >= 15 is 0 Å². The van der Waals surface area contributed by atoms with Gasteiger partial charge in [0.05, 0.1) is 6.04 Å². The van der Waals surface area contributed by atoms with Gasteiger partial charge in [-0.1, -0.05) is 0 Å². The number of aromatic nitrogens is 2. The Morgan fingerprint density at radius 2 is 2.12 bits per heavy atom. The summed E-state index contributed by atoms with van der Waals surface area (Å²) in [5.41, 5.74) is 0. The number of imidazole rings is 1. The highest BCUT2D eigenvalue weighted by molar-refractivity contribution is 5.82. The van der Waals surface area contributed by atoms with Crippen molar-refractivity contribution in [2.75, 3.05) is 0 Å². The van der Waals surface area contributed by atoms with Crippen LogP contribution >= 0.6 is 0 Å². The van der Waals surface area contributed by atoms with Crippen LogP contribution in [-0.4, -0.2) is 33.1 Å². The molecule has 4 N–H and O–H groups in total. The largest absolute Gasteiger partial charge is 0.480 e. The van der Waals surface area contributed by atoms with Gasteiger partial charge in [0.15, 0.2) is 0 Å². The van der Waals surface area contributed by atoms with E-state index in [1.165, 1.54) is 6.92 Å². The van der Waals surface area contributed by atoms with Gasteiger partial charge in [-0.2, -0.15) is 0 Å². The number of rotatable bonds is 4. The van der Waals surface area contributed by atoms with Crippen LogP contribution in [-0.2, 0) is 4.79 Å². The molecule has 2 atom stereocenters. The van der Waals surface area contributed by atoms with Crippen molar-refractivity contribution >= 4 is 12.0 Å². The zero-order chi connectivity index (χ0) is 12.1. The van der Waals surface area contributed by atoms with Gasteiger partial charge in [0.1, 0.15) is 11.9 Å². The predicted molar refractivity (Wildman–Crippen MR) is 55.8 cm³/mol. The van der Waals surface area contributed by atoms with Gasteiger partial charge in [-0.05, 0) is 13.8 Å². The summed E-state index contributed by atoms with van der Waals surface area (Å²) in [5.74, 6) is -0.473. The lowest BCUT2D eigenvalue weighted by molar-refractivity contribution is -0.138. The van der Waals surface area contributed by atoms with E-state index in [9.17, 15) is 9.59 Å². The average molecular weight is 226 g/mol. The van der Waals surface area contributed by atoms with Crippen LogP contribution in [0.4, 0.5) is 4.79 Å². The molecule has 7 heteroatoms. The van der Waals surface area contributed by atoms with Crippen molar-refractivity contribution in [3.8, 4) is 0 Å². The average Bonchev–Trinajstić information content (AvgIpc) is 2.69. The number of carbonyl (C=O) groups is 2. The van der Waals surface area contributed by atoms with E-state index in [2.05, 4.69) is 20.6 Å². The molecule has 0 aliphatic rings.